The van der Waals surface area contributed by atoms with Gasteiger partial charge in [-0.1, -0.05) is 19.1 Å². The highest BCUT2D eigenvalue weighted by Crippen LogP contribution is 1.81. The molecule has 0 amide bonds. The molecule has 0 saturated heterocycles. The normalized spacial score (nSPS) is 8.12. The van der Waals surface area contributed by atoms with Gasteiger partial charge in [0.1, 0.15) is 0 Å². The molecular weight excluding hydrogens is 140 g/mol. The highest BCUT2D eigenvalue weighted by Gasteiger charge is 1.85. The molecule has 0 aromatic carbocycles. The molecule has 0 aromatic rings. The fraction of sp³-hybridized carbons (Fsp3) is 0.600. The molecule has 0 N–H and O–H groups in total. The summed E-state index contributed by atoms with van der Waals surface area (Å²) in [7, 11) is 0. The van der Waals surface area contributed by atoms with Crippen molar-refractivity contribution in [3.8, 4) is 0 Å². The van der Waals surface area contributed by atoms with Crippen molar-refractivity contribution in [3.05, 3.63) is 0 Å². The Balaban J connectivity index is 3.11. The summed E-state index contributed by atoms with van der Waals surface area (Å²) in [6, 6.07) is 0. The maximum Gasteiger partial charge on any atom is 0.194 e. The van der Waals surface area contributed by atoms with Gasteiger partial charge in [0.25, 0.3) is 0 Å². The van der Waals surface area contributed by atoms with Crippen LogP contribution < -0.4 is 0 Å². The molecule has 1 nitrogen and oxygen atoms in total. The van der Waals surface area contributed by atoms with Gasteiger partial charge in [-0.15, -0.1) is 0 Å². The number of hydrogen-bond donors (Lipinski definition) is 0. The van der Waals surface area contributed by atoms with Gasteiger partial charge in [0.15, 0.2) is 5.05 Å². The minimum atomic E-state index is 0.418. The average molecular weight is 148 g/mol. The van der Waals surface area contributed by atoms with E-state index in [9.17, 15) is 0 Å². The molecule has 0 bridgehead atoms. The molecule has 0 heterocycles. The Morgan fingerprint density at radius 1 is 1.75 bits per heavy atom. The van der Waals surface area contributed by atoms with Crippen LogP contribution in [0.25, 0.3) is 0 Å². The standard InChI is InChI=1S/C5H8OS2/c1-2-3-6-5(8)4-7/h4H,2-3H2,1H3. The molecule has 0 rings (SSSR count). The zero-order valence-electron chi connectivity index (χ0n) is 4.72. The average Bonchev–Trinajstić information content (AvgIpc) is 1.83. The maximum absolute atomic E-state index is 4.91. The molecule has 3 heteroatoms. The smallest absolute Gasteiger partial charge is 0.194 e. The monoisotopic (exact) mass is 148 g/mol. The Labute approximate surface area is 60.0 Å². The first-order chi connectivity index (χ1) is 3.81. The van der Waals surface area contributed by atoms with Crippen molar-refractivity contribution in [2.45, 2.75) is 13.3 Å². The lowest BCUT2D eigenvalue weighted by Gasteiger charge is -1.97. The van der Waals surface area contributed by atoms with Crippen LogP contribution in [0, 0.1) is 0 Å². The zero-order valence-corrected chi connectivity index (χ0v) is 6.35. The number of rotatable bonds is 3. The van der Waals surface area contributed by atoms with Gasteiger partial charge in [-0.3, -0.25) is 0 Å². The van der Waals surface area contributed by atoms with Gasteiger partial charge in [0, 0.05) is 0 Å². The third-order valence-electron chi connectivity index (χ3n) is 0.545. The highest BCUT2D eigenvalue weighted by molar-refractivity contribution is 7.87. The van der Waals surface area contributed by atoms with Crippen LogP contribution in [0.3, 0.4) is 0 Å². The minimum absolute atomic E-state index is 0.418. The van der Waals surface area contributed by atoms with Gasteiger partial charge in [-0.25, -0.2) is 0 Å². The molecule has 0 fully saturated rings. The lowest BCUT2D eigenvalue weighted by atomic mass is 10.5. The molecule has 8 heavy (non-hydrogen) atoms. The van der Waals surface area contributed by atoms with E-state index in [4.69, 9.17) is 4.74 Å². The first-order valence-electron chi connectivity index (χ1n) is 2.43. The van der Waals surface area contributed by atoms with Gasteiger partial charge < -0.3 is 4.74 Å². The molecule has 0 spiro atoms. The van der Waals surface area contributed by atoms with E-state index in [1.54, 1.807) is 0 Å². The van der Waals surface area contributed by atoms with Gasteiger partial charge in [0.2, 0.25) is 0 Å². The lowest BCUT2D eigenvalue weighted by Crippen LogP contribution is -2.01. The molecular formula is C5H8OS2. The van der Waals surface area contributed by atoms with Gasteiger partial charge in [-0.05, 0) is 18.6 Å². The third kappa shape index (κ3) is 4.15. The van der Waals surface area contributed by atoms with Crippen LogP contribution in [0.5, 0.6) is 0 Å². The van der Waals surface area contributed by atoms with Gasteiger partial charge in [0.05, 0.1) is 12.0 Å². The SMILES string of the molecule is CCCOC(=S)C=S. The molecule has 0 atom stereocenters. The third-order valence-corrected chi connectivity index (χ3v) is 1.14. The first-order valence-corrected chi connectivity index (χ1v) is 3.31. The molecule has 0 aliphatic carbocycles. The second kappa shape index (κ2) is 5.12. The molecule has 0 unspecified atom stereocenters. The Bertz CT molecular complexity index is 90.4. The molecule has 0 saturated carbocycles. The minimum Gasteiger partial charge on any atom is -0.483 e. The van der Waals surface area contributed by atoms with E-state index in [2.05, 4.69) is 24.4 Å². The summed E-state index contributed by atoms with van der Waals surface area (Å²) >= 11 is 9.14. The van der Waals surface area contributed by atoms with Gasteiger partial charge in [-0.2, -0.15) is 0 Å². The second-order valence-corrected chi connectivity index (χ2v) is 1.92. The fourth-order valence-corrected chi connectivity index (χ4v) is 0.388. The quantitative estimate of drug-likeness (QED) is 0.564. The van der Waals surface area contributed by atoms with E-state index in [0.717, 1.165) is 6.42 Å². The Hall–Kier alpha value is -0.0200. The Morgan fingerprint density at radius 2 is 2.38 bits per heavy atom. The molecule has 0 aliphatic heterocycles. The van der Waals surface area contributed by atoms with Crippen molar-refractivity contribution in [2.75, 3.05) is 6.61 Å². The van der Waals surface area contributed by atoms with E-state index in [1.165, 1.54) is 5.37 Å². The van der Waals surface area contributed by atoms with Crippen molar-refractivity contribution >= 4 is 34.9 Å². The second-order valence-electron chi connectivity index (χ2n) is 1.29. The van der Waals surface area contributed by atoms with Crippen molar-refractivity contribution < 1.29 is 4.74 Å². The van der Waals surface area contributed by atoms with Crippen molar-refractivity contribution in [2.24, 2.45) is 0 Å². The highest BCUT2D eigenvalue weighted by atomic mass is 32.1. The molecule has 0 radical (unpaired) electrons. The van der Waals surface area contributed by atoms with E-state index < -0.39 is 0 Å². The molecule has 0 aromatic heterocycles. The first kappa shape index (κ1) is 7.98. The van der Waals surface area contributed by atoms with Crippen molar-refractivity contribution in [3.63, 3.8) is 0 Å². The van der Waals surface area contributed by atoms with Crippen LogP contribution in [0.15, 0.2) is 0 Å². The Kier molecular flexibility index (Phi) is 5.11. The summed E-state index contributed by atoms with van der Waals surface area (Å²) in [6.45, 7) is 2.69. The number of thiocarbonyl (C=S) groups is 2. The van der Waals surface area contributed by atoms with Crippen LogP contribution in [0.4, 0.5) is 0 Å². The molecule has 46 valence electrons. The van der Waals surface area contributed by atoms with Crippen LogP contribution in [-0.4, -0.2) is 17.0 Å². The van der Waals surface area contributed by atoms with Crippen LogP contribution in [-0.2, 0) is 4.74 Å². The van der Waals surface area contributed by atoms with E-state index in [-0.39, 0.29) is 0 Å². The maximum atomic E-state index is 4.91. The largest absolute Gasteiger partial charge is 0.483 e. The summed E-state index contributed by atoms with van der Waals surface area (Å²) in [5.41, 5.74) is 0. The van der Waals surface area contributed by atoms with E-state index >= 15 is 0 Å². The van der Waals surface area contributed by atoms with Crippen LogP contribution in [0.1, 0.15) is 13.3 Å². The Morgan fingerprint density at radius 3 is 2.75 bits per heavy atom. The van der Waals surface area contributed by atoms with E-state index in [1.807, 2.05) is 6.92 Å². The summed E-state index contributed by atoms with van der Waals surface area (Å²) in [5, 5.41) is 1.78. The van der Waals surface area contributed by atoms with E-state index in [0.29, 0.717) is 11.7 Å². The van der Waals surface area contributed by atoms with Crippen LogP contribution in [0.2, 0.25) is 0 Å². The van der Waals surface area contributed by atoms with Crippen molar-refractivity contribution in [1.29, 1.82) is 0 Å². The summed E-state index contributed by atoms with van der Waals surface area (Å²) < 4.78 is 4.91. The fourth-order valence-electron chi connectivity index (χ4n) is 0.237. The predicted octanol–water partition coefficient (Wildman–Crippen LogP) is 1.74. The van der Waals surface area contributed by atoms with Crippen LogP contribution >= 0.6 is 24.4 Å². The topological polar surface area (TPSA) is 9.23 Å². The predicted molar refractivity (Wildman–Crippen MR) is 42.5 cm³/mol. The number of hydrogen-bond acceptors (Lipinski definition) is 3. The van der Waals surface area contributed by atoms with Crippen molar-refractivity contribution in [1.82, 2.24) is 0 Å². The molecule has 0 aliphatic rings. The summed E-state index contributed by atoms with van der Waals surface area (Å²) in [5.74, 6) is 0. The summed E-state index contributed by atoms with van der Waals surface area (Å²) in [6.07, 6.45) is 0.976. The summed E-state index contributed by atoms with van der Waals surface area (Å²) in [4.78, 5) is 0. The zero-order chi connectivity index (χ0) is 6.41. The lowest BCUT2D eigenvalue weighted by molar-refractivity contribution is 0.319. The number of ether oxygens (including phenoxy) is 1. The van der Waals surface area contributed by atoms with Gasteiger partial charge >= 0.3 is 0 Å².